The third kappa shape index (κ3) is 4.35. The zero-order chi connectivity index (χ0) is 30.5. The van der Waals surface area contributed by atoms with Crippen LogP contribution in [-0.2, 0) is 5.41 Å². The highest BCUT2D eigenvalue weighted by atomic mass is 15.2. The molecule has 45 heavy (non-hydrogen) atoms. The molecule has 1 aliphatic rings. The molecule has 0 fully saturated rings. The van der Waals surface area contributed by atoms with Crippen molar-refractivity contribution in [3.63, 3.8) is 0 Å². The van der Waals surface area contributed by atoms with Crippen molar-refractivity contribution in [3.05, 3.63) is 156 Å². The number of allylic oxidation sites excluding steroid dienone is 3. The topological polar surface area (TPSA) is 30.7 Å². The zero-order valence-electron chi connectivity index (χ0n) is 25.7. The van der Waals surface area contributed by atoms with Crippen LogP contribution in [0.2, 0.25) is 0 Å². The van der Waals surface area contributed by atoms with E-state index >= 15 is 0 Å². The third-order valence-electron chi connectivity index (χ3n) is 9.25. The molecule has 2 heterocycles. The van der Waals surface area contributed by atoms with Crippen molar-refractivity contribution in [1.29, 1.82) is 0 Å². The Morgan fingerprint density at radius 1 is 0.644 bits per heavy atom. The molecule has 0 N–H and O–H groups in total. The Hall–Kier alpha value is -5.54. The maximum atomic E-state index is 5.11. The summed E-state index contributed by atoms with van der Waals surface area (Å²) < 4.78 is 2.18. The number of fused-ring (bicyclic) bond motifs is 6. The second kappa shape index (κ2) is 10.6. The number of aromatic nitrogens is 3. The Morgan fingerprint density at radius 3 is 2.24 bits per heavy atom. The lowest BCUT2D eigenvalue weighted by atomic mass is 9.81. The van der Waals surface area contributed by atoms with Gasteiger partial charge in [-0.3, -0.25) is 4.57 Å². The summed E-state index contributed by atoms with van der Waals surface area (Å²) in [6.45, 7) is 6.69. The van der Waals surface area contributed by atoms with Crippen LogP contribution < -0.4 is 0 Å². The minimum atomic E-state index is -0.0182. The van der Waals surface area contributed by atoms with E-state index in [2.05, 4.69) is 146 Å². The maximum absolute atomic E-state index is 5.11. The molecular weight excluding hydrogens is 546 g/mol. The largest absolute Gasteiger partial charge is 0.278 e. The monoisotopic (exact) mass is 579 g/mol. The van der Waals surface area contributed by atoms with E-state index in [1.807, 2.05) is 25.3 Å². The standard InChI is InChI=1S/C42H33N3/c1-4-5-6-12-30-13-11-18-39-40(30)34-15-8-10-17-38(34)45(39)41-43-26-25-37(44-41)29-21-19-28(20-22-29)31-23-24-33-32-14-7-9-16-35(32)42(2,3)36(33)27-31/h4-27H,1-3H3/b5-4-,12-6-. The minimum Gasteiger partial charge on any atom is -0.278 e. The molecule has 0 saturated carbocycles. The van der Waals surface area contributed by atoms with Gasteiger partial charge < -0.3 is 0 Å². The number of rotatable bonds is 5. The third-order valence-corrected chi connectivity index (χ3v) is 9.25. The van der Waals surface area contributed by atoms with Gasteiger partial charge in [-0.15, -0.1) is 0 Å². The van der Waals surface area contributed by atoms with Crippen LogP contribution in [0.15, 0.2) is 140 Å². The van der Waals surface area contributed by atoms with Crippen LogP contribution in [0.4, 0.5) is 0 Å². The Bertz CT molecular complexity index is 2300. The van der Waals surface area contributed by atoms with Gasteiger partial charge in [0.05, 0.1) is 16.7 Å². The first kappa shape index (κ1) is 27.0. The summed E-state index contributed by atoms with van der Waals surface area (Å²) in [6, 6.07) is 41.4. The zero-order valence-corrected chi connectivity index (χ0v) is 25.7. The van der Waals surface area contributed by atoms with Gasteiger partial charge in [0, 0.05) is 27.9 Å². The predicted octanol–water partition coefficient (Wildman–Crippen LogP) is 10.8. The Morgan fingerprint density at radius 2 is 1.38 bits per heavy atom. The lowest BCUT2D eigenvalue weighted by Crippen LogP contribution is -2.14. The smallest absolute Gasteiger partial charge is 0.235 e. The average Bonchev–Trinajstić information content (AvgIpc) is 3.54. The fraction of sp³-hybridized carbons (Fsp3) is 0.0952. The fourth-order valence-electron chi connectivity index (χ4n) is 7.01. The van der Waals surface area contributed by atoms with Crippen molar-refractivity contribution in [2.45, 2.75) is 26.2 Å². The molecule has 0 amide bonds. The van der Waals surface area contributed by atoms with Gasteiger partial charge in [-0.2, -0.15) is 0 Å². The summed E-state index contributed by atoms with van der Waals surface area (Å²) >= 11 is 0. The van der Waals surface area contributed by atoms with Gasteiger partial charge in [0.25, 0.3) is 0 Å². The van der Waals surface area contributed by atoms with E-state index in [0.717, 1.165) is 22.3 Å². The minimum absolute atomic E-state index is 0.0182. The van der Waals surface area contributed by atoms with E-state index in [1.165, 1.54) is 49.7 Å². The number of hydrogen-bond donors (Lipinski definition) is 0. The molecule has 0 spiro atoms. The average molecular weight is 580 g/mol. The molecule has 2 aromatic heterocycles. The predicted molar refractivity (Wildman–Crippen MR) is 189 cm³/mol. The van der Waals surface area contributed by atoms with E-state index in [0.29, 0.717) is 5.95 Å². The summed E-state index contributed by atoms with van der Waals surface area (Å²) in [6.07, 6.45) is 10.2. The van der Waals surface area contributed by atoms with Crippen molar-refractivity contribution >= 4 is 27.9 Å². The first-order valence-corrected chi connectivity index (χ1v) is 15.5. The maximum Gasteiger partial charge on any atom is 0.235 e. The molecule has 5 aromatic carbocycles. The van der Waals surface area contributed by atoms with E-state index in [4.69, 9.17) is 9.97 Å². The van der Waals surface area contributed by atoms with Crippen LogP contribution in [0, 0.1) is 0 Å². The number of benzene rings is 5. The molecule has 216 valence electrons. The van der Waals surface area contributed by atoms with Crippen molar-refractivity contribution in [1.82, 2.24) is 14.5 Å². The van der Waals surface area contributed by atoms with Gasteiger partial charge in [-0.1, -0.05) is 129 Å². The second-order valence-electron chi connectivity index (χ2n) is 12.2. The van der Waals surface area contributed by atoms with Crippen molar-refractivity contribution in [2.24, 2.45) is 0 Å². The molecule has 3 heteroatoms. The highest BCUT2D eigenvalue weighted by molar-refractivity contribution is 6.12. The Balaban J connectivity index is 1.17. The SMILES string of the molecule is C/C=C\C=C/c1cccc2c1c1ccccc1n2-c1nccc(-c2ccc(-c3ccc4c(c3)C(C)(C)c3ccccc3-4)cc2)n1. The molecule has 1 aliphatic carbocycles. The van der Waals surface area contributed by atoms with E-state index in [1.54, 1.807) is 0 Å². The summed E-state index contributed by atoms with van der Waals surface area (Å²) in [5.74, 6) is 0.665. The lowest BCUT2D eigenvalue weighted by molar-refractivity contribution is 0.660. The molecule has 3 nitrogen and oxygen atoms in total. The summed E-state index contributed by atoms with van der Waals surface area (Å²) in [5, 5.41) is 2.39. The molecule has 0 unspecified atom stereocenters. The fourth-order valence-corrected chi connectivity index (χ4v) is 7.01. The van der Waals surface area contributed by atoms with Crippen molar-refractivity contribution < 1.29 is 0 Å². The summed E-state index contributed by atoms with van der Waals surface area (Å²) in [5.41, 5.74) is 13.2. The van der Waals surface area contributed by atoms with Crippen LogP contribution >= 0.6 is 0 Å². The van der Waals surface area contributed by atoms with Crippen LogP contribution in [0.25, 0.3) is 67.3 Å². The molecule has 0 saturated heterocycles. The first-order valence-electron chi connectivity index (χ1n) is 15.5. The molecule has 0 radical (unpaired) electrons. The Labute approximate surface area is 263 Å². The molecule has 8 rings (SSSR count). The summed E-state index contributed by atoms with van der Waals surface area (Å²) in [4.78, 5) is 9.87. The molecular formula is C42H33N3. The molecule has 0 aliphatic heterocycles. The highest BCUT2D eigenvalue weighted by Crippen LogP contribution is 2.49. The summed E-state index contributed by atoms with van der Waals surface area (Å²) in [7, 11) is 0. The lowest BCUT2D eigenvalue weighted by Gasteiger charge is -2.22. The number of nitrogens with zero attached hydrogens (tertiary/aromatic N) is 3. The molecule has 0 atom stereocenters. The normalized spacial score (nSPS) is 13.7. The Kier molecular flexibility index (Phi) is 6.35. The second-order valence-corrected chi connectivity index (χ2v) is 12.2. The first-order chi connectivity index (χ1) is 22.0. The van der Waals surface area contributed by atoms with Gasteiger partial charge in [0.1, 0.15) is 0 Å². The number of hydrogen-bond acceptors (Lipinski definition) is 2. The van der Waals surface area contributed by atoms with E-state index < -0.39 is 0 Å². The number of para-hydroxylation sites is 1. The van der Waals surface area contributed by atoms with E-state index in [-0.39, 0.29) is 5.41 Å². The van der Waals surface area contributed by atoms with E-state index in [9.17, 15) is 0 Å². The highest BCUT2D eigenvalue weighted by Gasteiger charge is 2.35. The van der Waals surface area contributed by atoms with Crippen LogP contribution in [-0.4, -0.2) is 14.5 Å². The van der Waals surface area contributed by atoms with Gasteiger partial charge in [0.15, 0.2) is 0 Å². The van der Waals surface area contributed by atoms with Crippen molar-refractivity contribution in [2.75, 3.05) is 0 Å². The van der Waals surface area contributed by atoms with Gasteiger partial charge in [0.2, 0.25) is 5.95 Å². The van der Waals surface area contributed by atoms with Crippen molar-refractivity contribution in [3.8, 4) is 39.5 Å². The van der Waals surface area contributed by atoms with Gasteiger partial charge >= 0.3 is 0 Å². The van der Waals surface area contributed by atoms with Gasteiger partial charge in [-0.05, 0) is 70.1 Å². The van der Waals surface area contributed by atoms with Gasteiger partial charge in [-0.25, -0.2) is 9.97 Å². The van der Waals surface area contributed by atoms with Crippen LogP contribution in [0.1, 0.15) is 37.5 Å². The molecule has 7 aromatic rings. The van der Waals surface area contributed by atoms with Crippen LogP contribution in [0.3, 0.4) is 0 Å². The quantitative estimate of drug-likeness (QED) is 0.190. The molecule has 0 bridgehead atoms. The van der Waals surface area contributed by atoms with Crippen LogP contribution in [0.5, 0.6) is 0 Å².